The molecule has 3 nitrogen and oxygen atoms in total. The lowest BCUT2D eigenvalue weighted by Crippen LogP contribution is -2.00. The first kappa shape index (κ1) is 12.9. The van der Waals surface area contributed by atoms with Crippen molar-refractivity contribution in [2.24, 2.45) is 0 Å². The number of halogens is 1. The van der Waals surface area contributed by atoms with Crippen LogP contribution < -0.4 is 9.47 Å². The largest absolute Gasteiger partial charge is 0.493 e. The third kappa shape index (κ3) is 3.02. The molecule has 0 heterocycles. The lowest BCUT2D eigenvalue weighted by Gasteiger charge is -2.10. The third-order valence-electron chi connectivity index (χ3n) is 2.63. The van der Waals surface area contributed by atoms with E-state index in [4.69, 9.17) is 14.7 Å². The minimum Gasteiger partial charge on any atom is -0.493 e. The van der Waals surface area contributed by atoms with E-state index in [1.54, 1.807) is 25.3 Å². The molecule has 0 saturated carbocycles. The van der Waals surface area contributed by atoms with Gasteiger partial charge in [0.2, 0.25) is 0 Å². The van der Waals surface area contributed by atoms with Gasteiger partial charge in [-0.15, -0.1) is 0 Å². The normalized spacial score (nSPS) is 9.74. The Kier molecular flexibility index (Phi) is 3.99. The zero-order chi connectivity index (χ0) is 13.7. The number of hydrogen-bond donors (Lipinski definition) is 0. The van der Waals surface area contributed by atoms with Crippen molar-refractivity contribution in [1.29, 1.82) is 5.26 Å². The van der Waals surface area contributed by atoms with Gasteiger partial charge in [0, 0.05) is 5.56 Å². The molecule has 0 aromatic heterocycles. The SMILES string of the molecule is COc1ccccc1OCc1cc(C#N)ccc1F. The summed E-state index contributed by atoms with van der Waals surface area (Å²) in [6.07, 6.45) is 0. The van der Waals surface area contributed by atoms with Gasteiger partial charge >= 0.3 is 0 Å². The van der Waals surface area contributed by atoms with E-state index in [2.05, 4.69) is 0 Å². The molecule has 19 heavy (non-hydrogen) atoms. The summed E-state index contributed by atoms with van der Waals surface area (Å²) in [5.41, 5.74) is 0.741. The molecule has 0 aliphatic heterocycles. The predicted octanol–water partition coefficient (Wildman–Crippen LogP) is 3.28. The fraction of sp³-hybridized carbons (Fsp3) is 0.133. The monoisotopic (exact) mass is 257 g/mol. The van der Waals surface area contributed by atoms with Crippen LogP contribution in [0.3, 0.4) is 0 Å². The Bertz CT molecular complexity index is 620. The van der Waals surface area contributed by atoms with Crippen LogP contribution >= 0.6 is 0 Å². The number of hydrogen-bond acceptors (Lipinski definition) is 3. The molecule has 96 valence electrons. The molecule has 2 rings (SSSR count). The van der Waals surface area contributed by atoms with Gasteiger partial charge in [0.1, 0.15) is 12.4 Å². The molecule has 0 aliphatic carbocycles. The highest BCUT2D eigenvalue weighted by Gasteiger charge is 2.07. The molecule has 4 heteroatoms. The van der Waals surface area contributed by atoms with Crippen LogP contribution in [-0.4, -0.2) is 7.11 Å². The molecule has 2 aromatic rings. The van der Waals surface area contributed by atoms with E-state index >= 15 is 0 Å². The summed E-state index contributed by atoms with van der Waals surface area (Å²) >= 11 is 0. The van der Waals surface area contributed by atoms with Crippen molar-refractivity contribution in [3.05, 3.63) is 59.4 Å². The highest BCUT2D eigenvalue weighted by Crippen LogP contribution is 2.27. The quantitative estimate of drug-likeness (QED) is 0.844. The Morgan fingerprint density at radius 2 is 1.89 bits per heavy atom. The van der Waals surface area contributed by atoms with Crippen LogP contribution in [-0.2, 0) is 6.61 Å². The Labute approximate surface area is 110 Å². The third-order valence-corrected chi connectivity index (χ3v) is 2.63. The van der Waals surface area contributed by atoms with E-state index in [1.165, 1.54) is 18.2 Å². The molecule has 0 saturated heterocycles. The molecule has 0 amide bonds. The van der Waals surface area contributed by atoms with Crippen molar-refractivity contribution in [3.63, 3.8) is 0 Å². The second kappa shape index (κ2) is 5.87. The van der Waals surface area contributed by atoms with E-state index in [0.717, 1.165) is 0 Å². The molecule has 0 fully saturated rings. The molecule has 0 bridgehead atoms. The summed E-state index contributed by atoms with van der Waals surface area (Å²) in [4.78, 5) is 0. The maximum absolute atomic E-state index is 13.6. The number of methoxy groups -OCH3 is 1. The Hall–Kier alpha value is -2.54. The maximum Gasteiger partial charge on any atom is 0.161 e. The Balaban J connectivity index is 2.17. The van der Waals surface area contributed by atoms with Gasteiger partial charge in [-0.3, -0.25) is 0 Å². The van der Waals surface area contributed by atoms with Crippen LogP contribution in [0, 0.1) is 17.1 Å². The molecule has 0 atom stereocenters. The summed E-state index contributed by atoms with van der Waals surface area (Å²) < 4.78 is 24.2. The smallest absolute Gasteiger partial charge is 0.161 e. The summed E-state index contributed by atoms with van der Waals surface area (Å²) in [5.74, 6) is 0.722. The molecule has 0 N–H and O–H groups in total. The van der Waals surface area contributed by atoms with Gasteiger partial charge in [-0.05, 0) is 30.3 Å². The minimum atomic E-state index is -0.395. The number of ether oxygens (including phenoxy) is 2. The standard InChI is InChI=1S/C15H12FNO2/c1-18-14-4-2-3-5-15(14)19-10-12-8-11(9-17)6-7-13(12)16/h2-8H,10H2,1H3. The summed E-state index contributed by atoms with van der Waals surface area (Å²) in [7, 11) is 1.54. The second-order valence-corrected chi connectivity index (χ2v) is 3.86. The van der Waals surface area contributed by atoms with Crippen LogP contribution in [0.1, 0.15) is 11.1 Å². The lowest BCUT2D eigenvalue weighted by atomic mass is 10.1. The molecule has 0 unspecified atom stereocenters. The van der Waals surface area contributed by atoms with Crippen molar-refractivity contribution in [2.75, 3.05) is 7.11 Å². The summed E-state index contributed by atoms with van der Waals surface area (Å²) in [5, 5.41) is 8.79. The first-order chi connectivity index (χ1) is 9.24. The van der Waals surface area contributed by atoms with Crippen LogP contribution in [0.5, 0.6) is 11.5 Å². The van der Waals surface area contributed by atoms with Gasteiger partial charge in [0.15, 0.2) is 11.5 Å². The van der Waals surface area contributed by atoms with Crippen molar-refractivity contribution in [3.8, 4) is 17.6 Å². The van der Waals surface area contributed by atoms with Gasteiger partial charge in [-0.2, -0.15) is 5.26 Å². The van der Waals surface area contributed by atoms with E-state index < -0.39 is 5.82 Å². The van der Waals surface area contributed by atoms with Gasteiger partial charge in [0.25, 0.3) is 0 Å². The highest BCUT2D eigenvalue weighted by atomic mass is 19.1. The number of para-hydroxylation sites is 2. The zero-order valence-corrected chi connectivity index (χ0v) is 10.4. The maximum atomic E-state index is 13.6. The topological polar surface area (TPSA) is 42.2 Å². The minimum absolute atomic E-state index is 0.0434. The highest BCUT2D eigenvalue weighted by molar-refractivity contribution is 5.40. The van der Waals surface area contributed by atoms with Crippen molar-refractivity contribution >= 4 is 0 Å². The molecular weight excluding hydrogens is 245 g/mol. The van der Waals surface area contributed by atoms with E-state index in [9.17, 15) is 4.39 Å². The molecular formula is C15H12FNO2. The fourth-order valence-electron chi connectivity index (χ4n) is 1.65. The van der Waals surface area contributed by atoms with Crippen LogP contribution in [0.2, 0.25) is 0 Å². The van der Waals surface area contributed by atoms with Gasteiger partial charge in [-0.1, -0.05) is 12.1 Å². The molecule has 2 aromatic carbocycles. The van der Waals surface area contributed by atoms with E-state index in [0.29, 0.717) is 22.6 Å². The van der Waals surface area contributed by atoms with Crippen molar-refractivity contribution in [2.45, 2.75) is 6.61 Å². The molecule has 0 radical (unpaired) electrons. The van der Waals surface area contributed by atoms with E-state index in [1.807, 2.05) is 12.1 Å². The fourth-order valence-corrected chi connectivity index (χ4v) is 1.65. The summed E-state index contributed by atoms with van der Waals surface area (Å²) in [6.45, 7) is 0.0434. The van der Waals surface area contributed by atoms with Gasteiger partial charge < -0.3 is 9.47 Å². The molecule has 0 aliphatic rings. The van der Waals surface area contributed by atoms with Crippen LogP contribution in [0.25, 0.3) is 0 Å². The lowest BCUT2D eigenvalue weighted by molar-refractivity contribution is 0.279. The van der Waals surface area contributed by atoms with Crippen LogP contribution in [0.4, 0.5) is 4.39 Å². The Morgan fingerprint density at radius 3 is 2.58 bits per heavy atom. The first-order valence-corrected chi connectivity index (χ1v) is 5.69. The van der Waals surface area contributed by atoms with Crippen molar-refractivity contribution in [1.82, 2.24) is 0 Å². The number of rotatable bonds is 4. The average Bonchev–Trinajstić information content (AvgIpc) is 2.46. The van der Waals surface area contributed by atoms with Gasteiger partial charge in [0.05, 0.1) is 18.7 Å². The van der Waals surface area contributed by atoms with E-state index in [-0.39, 0.29) is 6.61 Å². The predicted molar refractivity (Wildman–Crippen MR) is 68.4 cm³/mol. The first-order valence-electron chi connectivity index (χ1n) is 5.69. The summed E-state index contributed by atoms with van der Waals surface area (Å²) in [6, 6.07) is 13.3. The number of nitrogens with zero attached hydrogens (tertiary/aromatic N) is 1. The zero-order valence-electron chi connectivity index (χ0n) is 10.4. The number of benzene rings is 2. The Morgan fingerprint density at radius 1 is 1.16 bits per heavy atom. The van der Waals surface area contributed by atoms with Gasteiger partial charge in [-0.25, -0.2) is 4.39 Å². The van der Waals surface area contributed by atoms with Crippen molar-refractivity contribution < 1.29 is 13.9 Å². The van der Waals surface area contributed by atoms with Crippen LogP contribution in [0.15, 0.2) is 42.5 Å². The average molecular weight is 257 g/mol. The molecule has 0 spiro atoms. The number of nitriles is 1. The second-order valence-electron chi connectivity index (χ2n) is 3.86.